The van der Waals surface area contributed by atoms with Gasteiger partial charge in [0.2, 0.25) is 0 Å². The van der Waals surface area contributed by atoms with Crippen LogP contribution in [0.4, 0.5) is 5.82 Å². The second-order valence-corrected chi connectivity index (χ2v) is 7.62. The molecule has 5 nitrogen and oxygen atoms in total. The van der Waals surface area contributed by atoms with Crippen LogP contribution in [0.1, 0.15) is 41.2 Å². The third-order valence-electron chi connectivity index (χ3n) is 5.77. The Hall–Kier alpha value is -2.40. The molecular formula is C22H28N4O. The van der Waals surface area contributed by atoms with E-state index in [0.717, 1.165) is 68.9 Å². The van der Waals surface area contributed by atoms with E-state index in [1.54, 1.807) is 0 Å². The molecule has 0 N–H and O–H groups in total. The van der Waals surface area contributed by atoms with Gasteiger partial charge in [-0.05, 0) is 50.1 Å². The third-order valence-corrected chi connectivity index (χ3v) is 5.77. The lowest BCUT2D eigenvalue weighted by molar-refractivity contribution is 0.0611. The lowest BCUT2D eigenvalue weighted by atomic mass is 9.95. The number of amides is 1. The minimum absolute atomic E-state index is 0.125. The number of aromatic nitrogens is 1. The average Bonchev–Trinajstić information content (AvgIpc) is 2.74. The highest BCUT2D eigenvalue weighted by molar-refractivity contribution is 5.94. The molecule has 142 valence electrons. The number of piperidine rings is 1. The predicted molar refractivity (Wildman–Crippen MR) is 108 cm³/mol. The highest BCUT2D eigenvalue weighted by Crippen LogP contribution is 2.32. The second-order valence-electron chi connectivity index (χ2n) is 7.62. The minimum atomic E-state index is 0.125. The lowest BCUT2D eigenvalue weighted by Gasteiger charge is -2.36. The monoisotopic (exact) mass is 364 g/mol. The zero-order valence-electron chi connectivity index (χ0n) is 16.1. The van der Waals surface area contributed by atoms with Crippen molar-refractivity contribution >= 4 is 11.7 Å². The average molecular weight is 364 g/mol. The number of rotatable bonds is 3. The minimum Gasteiger partial charge on any atom is -0.354 e. The van der Waals surface area contributed by atoms with Gasteiger partial charge in [-0.15, -0.1) is 0 Å². The van der Waals surface area contributed by atoms with Gasteiger partial charge in [0, 0.05) is 44.5 Å². The smallest absolute Gasteiger partial charge is 0.254 e. The Morgan fingerprint density at radius 2 is 1.74 bits per heavy atom. The van der Waals surface area contributed by atoms with Gasteiger partial charge in [0.1, 0.15) is 5.82 Å². The van der Waals surface area contributed by atoms with Gasteiger partial charge in [0.05, 0.1) is 6.04 Å². The molecule has 2 aliphatic heterocycles. The number of anilines is 1. The fourth-order valence-corrected chi connectivity index (χ4v) is 4.08. The molecule has 0 saturated carbocycles. The number of hydrogen-bond donors (Lipinski definition) is 0. The van der Waals surface area contributed by atoms with Gasteiger partial charge in [0.25, 0.3) is 5.91 Å². The molecule has 27 heavy (non-hydrogen) atoms. The molecule has 3 heterocycles. The quantitative estimate of drug-likeness (QED) is 0.839. The fraction of sp³-hybridized carbons (Fsp3) is 0.455. The fourth-order valence-electron chi connectivity index (χ4n) is 4.08. The summed E-state index contributed by atoms with van der Waals surface area (Å²) in [4.78, 5) is 24.5. The van der Waals surface area contributed by atoms with Crippen molar-refractivity contribution in [2.24, 2.45) is 0 Å². The van der Waals surface area contributed by atoms with Crippen LogP contribution >= 0.6 is 0 Å². The molecule has 0 unspecified atom stereocenters. The Balaban J connectivity index is 1.51. The van der Waals surface area contributed by atoms with Crippen LogP contribution in [0.15, 0.2) is 48.7 Å². The SMILES string of the molecule is CN1CCN(c2ccc([C@H]3CCCCN3C(=O)c3ccccc3)cn2)CC1. The van der Waals surface area contributed by atoms with Crippen LogP contribution in [-0.4, -0.2) is 60.5 Å². The van der Waals surface area contributed by atoms with Gasteiger partial charge >= 0.3 is 0 Å². The number of likely N-dealkylation sites (tertiary alicyclic amines) is 1. The van der Waals surface area contributed by atoms with Gasteiger partial charge in [-0.2, -0.15) is 0 Å². The van der Waals surface area contributed by atoms with Crippen molar-refractivity contribution in [3.63, 3.8) is 0 Å². The first-order chi connectivity index (χ1) is 13.2. The number of hydrogen-bond acceptors (Lipinski definition) is 4. The highest BCUT2D eigenvalue weighted by Gasteiger charge is 2.29. The first kappa shape index (κ1) is 18.0. The van der Waals surface area contributed by atoms with Gasteiger partial charge in [-0.3, -0.25) is 4.79 Å². The van der Waals surface area contributed by atoms with E-state index in [4.69, 9.17) is 4.98 Å². The Kier molecular flexibility index (Phi) is 5.39. The molecule has 0 radical (unpaired) electrons. The molecule has 1 aromatic heterocycles. The van der Waals surface area contributed by atoms with Crippen LogP contribution in [0.5, 0.6) is 0 Å². The molecular weight excluding hydrogens is 336 g/mol. The number of carbonyl (C=O) groups excluding carboxylic acids is 1. The van der Waals surface area contributed by atoms with Crippen LogP contribution in [0, 0.1) is 0 Å². The lowest BCUT2D eigenvalue weighted by Crippen LogP contribution is -2.44. The van der Waals surface area contributed by atoms with E-state index in [1.807, 2.05) is 41.4 Å². The number of pyridine rings is 1. The van der Waals surface area contributed by atoms with E-state index in [1.165, 1.54) is 0 Å². The molecule has 2 saturated heterocycles. The highest BCUT2D eigenvalue weighted by atomic mass is 16.2. The zero-order valence-corrected chi connectivity index (χ0v) is 16.1. The summed E-state index contributed by atoms with van der Waals surface area (Å²) in [7, 11) is 2.16. The van der Waals surface area contributed by atoms with Crippen LogP contribution in [0.3, 0.4) is 0 Å². The van der Waals surface area contributed by atoms with Crippen molar-refractivity contribution in [3.05, 3.63) is 59.8 Å². The van der Waals surface area contributed by atoms with Crippen LogP contribution in [-0.2, 0) is 0 Å². The van der Waals surface area contributed by atoms with E-state index in [9.17, 15) is 4.79 Å². The first-order valence-electron chi connectivity index (χ1n) is 9.98. The van der Waals surface area contributed by atoms with E-state index >= 15 is 0 Å². The Bertz CT molecular complexity index is 754. The number of benzene rings is 1. The van der Waals surface area contributed by atoms with Crippen LogP contribution in [0.25, 0.3) is 0 Å². The van der Waals surface area contributed by atoms with E-state index in [-0.39, 0.29) is 11.9 Å². The van der Waals surface area contributed by atoms with Gasteiger partial charge < -0.3 is 14.7 Å². The summed E-state index contributed by atoms with van der Waals surface area (Å²) in [5, 5.41) is 0. The van der Waals surface area contributed by atoms with Crippen molar-refractivity contribution in [3.8, 4) is 0 Å². The van der Waals surface area contributed by atoms with Crippen LogP contribution < -0.4 is 4.90 Å². The topological polar surface area (TPSA) is 39.7 Å². The summed E-state index contributed by atoms with van der Waals surface area (Å²) in [6, 6.07) is 14.0. The molecule has 0 aliphatic carbocycles. The third kappa shape index (κ3) is 3.98. The van der Waals surface area contributed by atoms with Crippen LogP contribution in [0.2, 0.25) is 0 Å². The molecule has 2 aliphatic rings. The van der Waals surface area contributed by atoms with Crippen molar-refractivity contribution < 1.29 is 4.79 Å². The van der Waals surface area contributed by atoms with Gasteiger partial charge in [-0.1, -0.05) is 24.3 Å². The number of piperazine rings is 1. The van der Waals surface area contributed by atoms with Crippen molar-refractivity contribution in [1.82, 2.24) is 14.8 Å². The van der Waals surface area contributed by atoms with Crippen molar-refractivity contribution in [1.29, 1.82) is 0 Å². The summed E-state index contributed by atoms with van der Waals surface area (Å²) in [5.74, 6) is 1.17. The summed E-state index contributed by atoms with van der Waals surface area (Å²) >= 11 is 0. The Morgan fingerprint density at radius 3 is 2.44 bits per heavy atom. The number of nitrogens with zero attached hydrogens (tertiary/aromatic N) is 4. The zero-order chi connectivity index (χ0) is 18.6. The maximum Gasteiger partial charge on any atom is 0.254 e. The first-order valence-corrected chi connectivity index (χ1v) is 9.98. The van der Waals surface area contributed by atoms with E-state index in [0.29, 0.717) is 0 Å². The summed E-state index contributed by atoms with van der Waals surface area (Å²) in [5.41, 5.74) is 1.92. The molecule has 1 atom stereocenters. The Morgan fingerprint density at radius 1 is 0.963 bits per heavy atom. The molecule has 1 amide bonds. The molecule has 5 heteroatoms. The van der Waals surface area contributed by atoms with Crippen molar-refractivity contribution in [2.45, 2.75) is 25.3 Å². The van der Waals surface area contributed by atoms with E-state index < -0.39 is 0 Å². The summed E-state index contributed by atoms with van der Waals surface area (Å²) < 4.78 is 0. The largest absolute Gasteiger partial charge is 0.354 e. The normalized spacial score (nSPS) is 21.3. The summed E-state index contributed by atoms with van der Waals surface area (Å²) in [6.07, 6.45) is 5.22. The molecule has 2 aromatic rings. The maximum absolute atomic E-state index is 13.0. The second kappa shape index (κ2) is 8.09. The van der Waals surface area contributed by atoms with Gasteiger partial charge in [-0.25, -0.2) is 4.98 Å². The molecule has 0 spiro atoms. The van der Waals surface area contributed by atoms with Gasteiger partial charge in [0.15, 0.2) is 0 Å². The number of carbonyl (C=O) groups is 1. The predicted octanol–water partition coefficient (Wildman–Crippen LogP) is 3.20. The Labute approximate surface area is 161 Å². The van der Waals surface area contributed by atoms with Crippen molar-refractivity contribution in [2.75, 3.05) is 44.7 Å². The molecule has 4 rings (SSSR count). The molecule has 2 fully saturated rings. The van der Waals surface area contributed by atoms with E-state index in [2.05, 4.69) is 29.0 Å². The summed E-state index contributed by atoms with van der Waals surface area (Å²) in [6.45, 7) is 5.01. The maximum atomic E-state index is 13.0. The molecule has 0 bridgehead atoms. The molecule has 1 aromatic carbocycles. The number of likely N-dealkylation sites (N-methyl/N-ethyl adjacent to an activating group) is 1. The standard InChI is InChI=1S/C22H28N4O/c1-24-13-15-25(16-14-24)21-11-10-19(17-23-21)20-9-5-6-12-26(20)22(27)18-7-3-2-4-8-18/h2-4,7-8,10-11,17,20H,5-6,9,12-16H2,1H3/t20-/m1/s1.